The lowest BCUT2D eigenvalue weighted by atomic mass is 9.80. The number of ether oxygens (including phenoxy) is 1. The van der Waals surface area contributed by atoms with Gasteiger partial charge in [0, 0.05) is 29.8 Å². The Morgan fingerprint density at radius 3 is 2.52 bits per heavy atom. The topological polar surface area (TPSA) is 52.9 Å². The van der Waals surface area contributed by atoms with Gasteiger partial charge in [-0.25, -0.2) is 4.39 Å². The molecule has 0 spiro atoms. The van der Waals surface area contributed by atoms with Crippen molar-refractivity contribution in [1.29, 1.82) is 0 Å². The van der Waals surface area contributed by atoms with Gasteiger partial charge in [0.15, 0.2) is 0 Å². The van der Waals surface area contributed by atoms with Crippen LogP contribution in [0.2, 0.25) is 0 Å². The second kappa shape index (κ2) is 7.13. The Morgan fingerprint density at radius 2 is 1.85 bits per heavy atom. The first-order valence-electron chi connectivity index (χ1n) is 9.68. The van der Waals surface area contributed by atoms with Crippen molar-refractivity contribution in [3.63, 3.8) is 0 Å². The fourth-order valence-corrected chi connectivity index (χ4v) is 4.77. The van der Waals surface area contributed by atoms with Crippen LogP contribution in [0.3, 0.4) is 0 Å². The van der Waals surface area contributed by atoms with Crippen LogP contribution >= 0.6 is 0 Å². The molecule has 2 aromatic carbocycles. The summed E-state index contributed by atoms with van der Waals surface area (Å²) in [4.78, 5) is 2.35. The van der Waals surface area contributed by atoms with Gasteiger partial charge in [0.2, 0.25) is 0 Å². The maximum atomic E-state index is 14.3. The normalized spacial score (nSPS) is 27.7. The van der Waals surface area contributed by atoms with Crippen molar-refractivity contribution in [2.45, 2.75) is 56.8 Å². The molecule has 2 unspecified atom stereocenters. The van der Waals surface area contributed by atoms with Crippen molar-refractivity contribution in [3.8, 4) is 11.5 Å². The standard InChI is InChI=1S/C22H26FNO3/c1-2-27-18-9-10-21(25)15(11-18)14-24-16-7-8-17(24)13-22(26,12-16)19-5-3-4-6-20(19)23/h3-6,9-11,16-17,25-26H,2,7-8,12-14H2,1H3. The van der Waals surface area contributed by atoms with Gasteiger partial charge in [0.25, 0.3) is 0 Å². The van der Waals surface area contributed by atoms with E-state index in [9.17, 15) is 14.6 Å². The molecule has 2 N–H and O–H groups in total. The molecule has 2 bridgehead atoms. The molecular weight excluding hydrogens is 345 g/mol. The molecule has 0 amide bonds. The minimum atomic E-state index is -1.12. The average molecular weight is 371 g/mol. The SMILES string of the molecule is CCOc1ccc(O)c(CN2C3CCC2CC(O)(c2ccccc2F)C3)c1. The molecular formula is C22H26FNO3. The Balaban J connectivity index is 1.55. The zero-order valence-corrected chi connectivity index (χ0v) is 15.6. The number of benzene rings is 2. The Labute approximate surface area is 159 Å². The lowest BCUT2D eigenvalue weighted by molar-refractivity contribution is -0.0616. The first-order valence-corrected chi connectivity index (χ1v) is 9.68. The summed E-state index contributed by atoms with van der Waals surface area (Å²) in [7, 11) is 0. The minimum absolute atomic E-state index is 0.170. The molecule has 0 saturated carbocycles. The fraction of sp³-hybridized carbons (Fsp3) is 0.455. The number of phenols is 1. The van der Waals surface area contributed by atoms with Gasteiger partial charge in [-0.3, -0.25) is 4.90 Å². The highest BCUT2D eigenvalue weighted by molar-refractivity contribution is 5.39. The van der Waals surface area contributed by atoms with Crippen molar-refractivity contribution in [2.75, 3.05) is 6.61 Å². The second-order valence-corrected chi connectivity index (χ2v) is 7.70. The molecule has 2 heterocycles. The Kier molecular flexibility index (Phi) is 4.82. The first kappa shape index (κ1) is 18.3. The van der Waals surface area contributed by atoms with E-state index in [2.05, 4.69) is 4.90 Å². The molecule has 5 heteroatoms. The van der Waals surface area contributed by atoms with Crippen LogP contribution in [0, 0.1) is 5.82 Å². The smallest absolute Gasteiger partial charge is 0.129 e. The number of aliphatic hydroxyl groups is 1. The van der Waals surface area contributed by atoms with Crippen molar-refractivity contribution < 1.29 is 19.3 Å². The lowest BCUT2D eigenvalue weighted by Crippen LogP contribution is -2.49. The number of rotatable bonds is 5. The largest absolute Gasteiger partial charge is 0.508 e. The van der Waals surface area contributed by atoms with Gasteiger partial charge in [-0.1, -0.05) is 18.2 Å². The van der Waals surface area contributed by atoms with E-state index in [0.29, 0.717) is 31.6 Å². The van der Waals surface area contributed by atoms with Crippen molar-refractivity contribution in [2.24, 2.45) is 0 Å². The van der Waals surface area contributed by atoms with Crippen molar-refractivity contribution in [1.82, 2.24) is 4.90 Å². The van der Waals surface area contributed by atoms with E-state index in [1.54, 1.807) is 30.3 Å². The average Bonchev–Trinajstić information content (AvgIpc) is 2.89. The molecule has 2 aromatic rings. The van der Waals surface area contributed by atoms with Crippen LogP contribution in [0.4, 0.5) is 4.39 Å². The summed E-state index contributed by atoms with van der Waals surface area (Å²) in [5.41, 5.74) is 0.111. The number of piperidine rings is 1. The van der Waals surface area contributed by atoms with E-state index in [0.717, 1.165) is 24.2 Å². The summed E-state index contributed by atoms with van der Waals surface area (Å²) in [5.74, 6) is 0.667. The number of phenolic OH excluding ortho intramolecular Hbond substituents is 1. The second-order valence-electron chi connectivity index (χ2n) is 7.70. The predicted molar refractivity (Wildman–Crippen MR) is 101 cm³/mol. The number of hydrogen-bond acceptors (Lipinski definition) is 4. The maximum absolute atomic E-state index is 14.3. The van der Waals surface area contributed by atoms with Gasteiger partial charge in [0.1, 0.15) is 17.3 Å². The summed E-state index contributed by atoms with van der Waals surface area (Å²) < 4.78 is 19.8. The molecule has 144 valence electrons. The molecule has 2 fully saturated rings. The number of aromatic hydroxyl groups is 1. The molecule has 4 rings (SSSR count). The highest BCUT2D eigenvalue weighted by Crippen LogP contribution is 2.47. The van der Waals surface area contributed by atoms with Crippen LogP contribution in [0.15, 0.2) is 42.5 Å². The molecule has 2 aliphatic heterocycles. The molecule has 0 aliphatic carbocycles. The Bertz CT molecular complexity index is 811. The molecule has 2 atom stereocenters. The van der Waals surface area contributed by atoms with Crippen molar-refractivity contribution >= 4 is 0 Å². The van der Waals surface area contributed by atoms with E-state index < -0.39 is 5.60 Å². The quantitative estimate of drug-likeness (QED) is 0.836. The third-order valence-corrected chi connectivity index (χ3v) is 6.01. The molecule has 4 nitrogen and oxygen atoms in total. The van der Waals surface area contributed by atoms with Crippen LogP contribution < -0.4 is 4.74 Å². The van der Waals surface area contributed by atoms with Gasteiger partial charge < -0.3 is 14.9 Å². The molecule has 0 radical (unpaired) electrons. The summed E-state index contributed by atoms with van der Waals surface area (Å²) >= 11 is 0. The van der Waals surface area contributed by atoms with E-state index in [1.165, 1.54) is 6.07 Å². The lowest BCUT2D eigenvalue weighted by Gasteiger charge is -2.44. The van der Waals surface area contributed by atoms with Gasteiger partial charge >= 0.3 is 0 Å². The van der Waals surface area contributed by atoms with Gasteiger partial charge in [-0.2, -0.15) is 0 Å². The van der Waals surface area contributed by atoms with E-state index in [4.69, 9.17) is 4.74 Å². The van der Waals surface area contributed by atoms with Crippen LogP contribution in [-0.4, -0.2) is 33.8 Å². The van der Waals surface area contributed by atoms with Crippen LogP contribution in [-0.2, 0) is 12.1 Å². The number of hydrogen-bond donors (Lipinski definition) is 2. The van der Waals surface area contributed by atoms with Crippen LogP contribution in [0.5, 0.6) is 11.5 Å². The third kappa shape index (κ3) is 3.42. The van der Waals surface area contributed by atoms with E-state index in [-0.39, 0.29) is 23.7 Å². The zero-order chi connectivity index (χ0) is 19.0. The highest BCUT2D eigenvalue weighted by Gasteiger charge is 2.49. The number of halogens is 1. The zero-order valence-electron chi connectivity index (χ0n) is 15.6. The van der Waals surface area contributed by atoms with Crippen LogP contribution in [0.25, 0.3) is 0 Å². The van der Waals surface area contributed by atoms with Gasteiger partial charge in [0.05, 0.1) is 12.2 Å². The summed E-state index contributed by atoms with van der Waals surface area (Å²) in [6.45, 7) is 3.12. The summed E-state index contributed by atoms with van der Waals surface area (Å²) in [6, 6.07) is 12.2. The molecule has 0 aromatic heterocycles. The summed E-state index contributed by atoms with van der Waals surface area (Å²) in [6.07, 6.45) is 2.98. The number of nitrogens with zero attached hydrogens (tertiary/aromatic N) is 1. The van der Waals surface area contributed by atoms with Gasteiger partial charge in [-0.15, -0.1) is 0 Å². The first-order chi connectivity index (χ1) is 13.0. The molecule has 2 aliphatic rings. The summed E-state index contributed by atoms with van der Waals surface area (Å²) in [5, 5.41) is 21.5. The third-order valence-electron chi connectivity index (χ3n) is 6.01. The van der Waals surface area contributed by atoms with Crippen LogP contribution in [0.1, 0.15) is 43.7 Å². The minimum Gasteiger partial charge on any atom is -0.508 e. The van der Waals surface area contributed by atoms with Crippen molar-refractivity contribution in [3.05, 3.63) is 59.4 Å². The van der Waals surface area contributed by atoms with Gasteiger partial charge in [-0.05, 0) is 56.9 Å². The monoisotopic (exact) mass is 371 g/mol. The highest BCUT2D eigenvalue weighted by atomic mass is 19.1. The Morgan fingerprint density at radius 1 is 1.15 bits per heavy atom. The maximum Gasteiger partial charge on any atom is 0.129 e. The fourth-order valence-electron chi connectivity index (χ4n) is 4.77. The molecule has 2 saturated heterocycles. The molecule has 27 heavy (non-hydrogen) atoms. The number of fused-ring (bicyclic) bond motifs is 2. The predicted octanol–water partition coefficient (Wildman–Crippen LogP) is 3.94. The van der Waals surface area contributed by atoms with E-state index in [1.807, 2.05) is 13.0 Å². The Hall–Kier alpha value is -2.11. The van der Waals surface area contributed by atoms with E-state index >= 15 is 0 Å².